The van der Waals surface area contributed by atoms with Crippen LogP contribution in [0.1, 0.15) is 24.2 Å². The lowest BCUT2D eigenvalue weighted by Crippen LogP contribution is -2.48. The van der Waals surface area contributed by atoms with E-state index >= 15 is 0 Å². The summed E-state index contributed by atoms with van der Waals surface area (Å²) in [5.41, 5.74) is 0.0623. The van der Waals surface area contributed by atoms with Crippen LogP contribution in [-0.4, -0.2) is 61.4 Å². The monoisotopic (exact) mass is 341 g/mol. The highest BCUT2D eigenvalue weighted by molar-refractivity contribution is 7.92. The highest BCUT2D eigenvalue weighted by Crippen LogP contribution is 2.22. The molecule has 1 fully saturated rings. The number of ether oxygens (including phenoxy) is 1. The summed E-state index contributed by atoms with van der Waals surface area (Å²) in [4.78, 5) is 25.0. The molecule has 0 aliphatic carbocycles. The third-order valence-corrected chi connectivity index (χ3v) is 5.88. The standard InChI is InChI=1S/C15H19NO6S/c1-10(2)23(20,21)13-6-4-3-5-11(13)14(17)16-7-8-22-12(9-16)15(18)19/h3-6,10,12H,7-9H2,1-2H3,(H,18,19)/t12-/m1/s1. The number of sulfone groups is 1. The molecule has 1 saturated heterocycles. The minimum absolute atomic E-state index is 0.0293. The van der Waals surface area contributed by atoms with Crippen molar-refractivity contribution in [2.75, 3.05) is 19.7 Å². The maximum absolute atomic E-state index is 12.7. The van der Waals surface area contributed by atoms with Crippen LogP contribution in [0.15, 0.2) is 29.2 Å². The molecule has 0 aromatic heterocycles. The van der Waals surface area contributed by atoms with Crippen molar-refractivity contribution < 1.29 is 27.9 Å². The Morgan fingerprint density at radius 1 is 1.30 bits per heavy atom. The molecule has 1 amide bonds. The van der Waals surface area contributed by atoms with Crippen LogP contribution in [-0.2, 0) is 19.4 Å². The number of amides is 1. The van der Waals surface area contributed by atoms with Gasteiger partial charge in [0.2, 0.25) is 0 Å². The highest BCUT2D eigenvalue weighted by Gasteiger charge is 2.32. The Hall–Kier alpha value is -1.93. The van der Waals surface area contributed by atoms with Crippen molar-refractivity contribution in [1.82, 2.24) is 4.90 Å². The first-order valence-electron chi connectivity index (χ1n) is 7.21. The van der Waals surface area contributed by atoms with Gasteiger partial charge in [-0.1, -0.05) is 12.1 Å². The van der Waals surface area contributed by atoms with Gasteiger partial charge in [-0.3, -0.25) is 4.79 Å². The van der Waals surface area contributed by atoms with Gasteiger partial charge in [0.15, 0.2) is 15.9 Å². The molecule has 0 unspecified atom stereocenters. The molecule has 1 aliphatic heterocycles. The molecular weight excluding hydrogens is 322 g/mol. The molecule has 1 aromatic carbocycles. The van der Waals surface area contributed by atoms with Gasteiger partial charge in [-0.25, -0.2) is 13.2 Å². The molecule has 0 bridgehead atoms. The fourth-order valence-corrected chi connectivity index (χ4v) is 3.54. The zero-order valence-electron chi connectivity index (χ0n) is 12.9. The Morgan fingerprint density at radius 2 is 1.96 bits per heavy atom. The molecule has 1 aliphatic rings. The molecule has 23 heavy (non-hydrogen) atoms. The molecule has 126 valence electrons. The molecular formula is C15H19NO6S. The number of benzene rings is 1. The number of hydrogen-bond donors (Lipinski definition) is 1. The molecule has 8 heteroatoms. The Bertz CT molecular complexity index is 712. The third-order valence-electron chi connectivity index (χ3n) is 3.67. The van der Waals surface area contributed by atoms with Gasteiger partial charge in [0.1, 0.15) is 0 Å². The zero-order chi connectivity index (χ0) is 17.2. The van der Waals surface area contributed by atoms with Crippen molar-refractivity contribution in [3.63, 3.8) is 0 Å². The Morgan fingerprint density at radius 3 is 2.57 bits per heavy atom. The number of hydrogen-bond acceptors (Lipinski definition) is 5. The Labute approximate surface area is 134 Å². The highest BCUT2D eigenvalue weighted by atomic mass is 32.2. The van der Waals surface area contributed by atoms with Crippen molar-refractivity contribution >= 4 is 21.7 Å². The van der Waals surface area contributed by atoms with Crippen LogP contribution in [0.25, 0.3) is 0 Å². The number of rotatable bonds is 4. The van der Waals surface area contributed by atoms with Gasteiger partial charge >= 0.3 is 5.97 Å². The second-order valence-corrected chi connectivity index (χ2v) is 8.01. The molecule has 1 heterocycles. The predicted octanol–water partition coefficient (Wildman–Crippen LogP) is 0.794. The summed E-state index contributed by atoms with van der Waals surface area (Å²) in [6.07, 6.45) is -1.10. The van der Waals surface area contributed by atoms with Gasteiger partial charge in [-0.15, -0.1) is 0 Å². The molecule has 0 spiro atoms. The van der Waals surface area contributed by atoms with Crippen LogP contribution in [0, 0.1) is 0 Å². The summed E-state index contributed by atoms with van der Waals surface area (Å²) in [5, 5.41) is 8.35. The molecule has 7 nitrogen and oxygen atoms in total. The quantitative estimate of drug-likeness (QED) is 0.869. The predicted molar refractivity (Wildman–Crippen MR) is 82.0 cm³/mol. The number of carbonyl (C=O) groups is 2. The molecule has 0 saturated carbocycles. The minimum Gasteiger partial charge on any atom is -0.479 e. The van der Waals surface area contributed by atoms with E-state index in [2.05, 4.69) is 0 Å². The Kier molecular flexibility index (Phi) is 5.06. The first kappa shape index (κ1) is 17.4. The molecule has 1 N–H and O–H groups in total. The van der Waals surface area contributed by atoms with Crippen molar-refractivity contribution in [2.45, 2.75) is 30.1 Å². The minimum atomic E-state index is -3.62. The lowest BCUT2D eigenvalue weighted by atomic mass is 10.1. The van der Waals surface area contributed by atoms with Gasteiger partial charge in [-0.05, 0) is 26.0 Å². The lowest BCUT2D eigenvalue weighted by molar-refractivity contribution is -0.154. The first-order chi connectivity index (χ1) is 10.7. The van der Waals surface area contributed by atoms with Crippen LogP contribution < -0.4 is 0 Å². The van der Waals surface area contributed by atoms with Gasteiger partial charge in [0.25, 0.3) is 5.91 Å². The smallest absolute Gasteiger partial charge is 0.334 e. The van der Waals surface area contributed by atoms with Crippen LogP contribution in [0.3, 0.4) is 0 Å². The fourth-order valence-electron chi connectivity index (χ4n) is 2.30. The second kappa shape index (κ2) is 6.67. The summed E-state index contributed by atoms with van der Waals surface area (Å²) in [6.45, 7) is 3.31. The topological polar surface area (TPSA) is 101 Å². The first-order valence-corrected chi connectivity index (χ1v) is 8.76. The maximum atomic E-state index is 12.7. The van der Waals surface area contributed by atoms with Crippen LogP contribution in [0.4, 0.5) is 0 Å². The van der Waals surface area contributed by atoms with Crippen LogP contribution >= 0.6 is 0 Å². The summed E-state index contributed by atoms with van der Waals surface area (Å²) in [6, 6.07) is 5.99. The average molecular weight is 341 g/mol. The van der Waals surface area contributed by atoms with Gasteiger partial charge in [0.05, 0.1) is 28.9 Å². The number of aliphatic carboxylic acids is 1. The van der Waals surface area contributed by atoms with E-state index in [0.717, 1.165) is 0 Å². The fraction of sp³-hybridized carbons (Fsp3) is 0.467. The van der Waals surface area contributed by atoms with E-state index < -0.39 is 33.1 Å². The van der Waals surface area contributed by atoms with E-state index in [1.807, 2.05) is 0 Å². The molecule has 1 atom stereocenters. The molecule has 0 radical (unpaired) electrons. The van der Waals surface area contributed by atoms with Gasteiger partial charge in [0, 0.05) is 6.54 Å². The van der Waals surface area contributed by atoms with Crippen molar-refractivity contribution in [2.24, 2.45) is 0 Å². The largest absolute Gasteiger partial charge is 0.479 e. The van der Waals surface area contributed by atoms with Crippen molar-refractivity contribution in [1.29, 1.82) is 0 Å². The number of morpholine rings is 1. The van der Waals surface area contributed by atoms with Crippen LogP contribution in [0.5, 0.6) is 0 Å². The SMILES string of the molecule is CC(C)S(=O)(=O)c1ccccc1C(=O)N1CCO[C@@H](C(=O)O)C1. The maximum Gasteiger partial charge on any atom is 0.334 e. The van der Waals surface area contributed by atoms with E-state index in [9.17, 15) is 18.0 Å². The summed E-state index contributed by atoms with van der Waals surface area (Å²) >= 11 is 0. The Balaban J connectivity index is 2.36. The van der Waals surface area contributed by atoms with E-state index in [0.29, 0.717) is 0 Å². The third kappa shape index (κ3) is 3.53. The van der Waals surface area contributed by atoms with Gasteiger partial charge in [-0.2, -0.15) is 0 Å². The van der Waals surface area contributed by atoms with Crippen LogP contribution in [0.2, 0.25) is 0 Å². The number of carboxylic acids is 1. The number of carbonyl (C=O) groups excluding carboxylic acids is 1. The summed E-state index contributed by atoms with van der Waals surface area (Å²) in [5.74, 6) is -1.65. The number of nitrogens with zero attached hydrogens (tertiary/aromatic N) is 1. The van der Waals surface area contributed by atoms with Gasteiger partial charge < -0.3 is 14.7 Å². The average Bonchev–Trinajstić information content (AvgIpc) is 2.54. The van der Waals surface area contributed by atoms with E-state index in [4.69, 9.17) is 9.84 Å². The summed E-state index contributed by atoms with van der Waals surface area (Å²) < 4.78 is 29.9. The summed E-state index contributed by atoms with van der Waals surface area (Å²) in [7, 11) is -3.62. The molecule has 1 aromatic rings. The normalized spacial score (nSPS) is 18.9. The lowest BCUT2D eigenvalue weighted by Gasteiger charge is -2.31. The second-order valence-electron chi connectivity index (χ2n) is 5.54. The zero-order valence-corrected chi connectivity index (χ0v) is 13.7. The van der Waals surface area contributed by atoms with E-state index in [1.165, 1.54) is 17.0 Å². The number of carboxylic acid groups (broad SMARTS) is 1. The van der Waals surface area contributed by atoms with E-state index in [-0.39, 0.29) is 30.2 Å². The van der Waals surface area contributed by atoms with E-state index in [1.54, 1.807) is 26.0 Å². The van der Waals surface area contributed by atoms with Crippen molar-refractivity contribution in [3.05, 3.63) is 29.8 Å². The molecule has 2 rings (SSSR count). The van der Waals surface area contributed by atoms with Crippen molar-refractivity contribution in [3.8, 4) is 0 Å².